The molecule has 0 aromatic carbocycles. The molecule has 2 atom stereocenters. The minimum atomic E-state index is 0.103. The van der Waals surface area contributed by atoms with E-state index in [9.17, 15) is 0 Å². The van der Waals surface area contributed by atoms with Crippen molar-refractivity contribution >= 4 is 11.3 Å². The summed E-state index contributed by atoms with van der Waals surface area (Å²) in [5.41, 5.74) is 6.99. The summed E-state index contributed by atoms with van der Waals surface area (Å²) in [7, 11) is 0. The Morgan fingerprint density at radius 1 is 1.59 bits per heavy atom. The molecule has 0 radical (unpaired) electrons. The molecule has 2 unspecified atom stereocenters. The van der Waals surface area contributed by atoms with Gasteiger partial charge in [-0.3, -0.25) is 4.90 Å². The highest BCUT2D eigenvalue weighted by Crippen LogP contribution is 2.38. The molecule has 4 nitrogen and oxygen atoms in total. The number of hydrogen-bond donors (Lipinski definition) is 1. The van der Waals surface area contributed by atoms with Crippen molar-refractivity contribution < 1.29 is 4.74 Å². The van der Waals surface area contributed by atoms with Crippen LogP contribution in [0.1, 0.15) is 29.6 Å². The van der Waals surface area contributed by atoms with Crippen molar-refractivity contribution in [3.8, 4) is 0 Å². The maximum absolute atomic E-state index is 5.84. The molecular weight excluding hydrogens is 234 g/mol. The van der Waals surface area contributed by atoms with Gasteiger partial charge in [0.2, 0.25) is 0 Å². The average Bonchev–Trinajstić information content (AvgIpc) is 3.11. The summed E-state index contributed by atoms with van der Waals surface area (Å²) in [5.74, 6) is 0. The Balaban J connectivity index is 1.88. The molecule has 17 heavy (non-hydrogen) atoms. The molecule has 3 rings (SSSR count). The number of morpholine rings is 1. The normalized spacial score (nSPS) is 30.7. The number of ether oxygens (including phenoxy) is 1. The summed E-state index contributed by atoms with van der Waals surface area (Å²) < 4.78 is 5.81. The van der Waals surface area contributed by atoms with E-state index in [4.69, 9.17) is 10.5 Å². The predicted molar refractivity (Wildman–Crippen MR) is 68.1 cm³/mol. The summed E-state index contributed by atoms with van der Waals surface area (Å²) in [6.45, 7) is 4.45. The van der Waals surface area contributed by atoms with Gasteiger partial charge in [0.1, 0.15) is 0 Å². The lowest BCUT2D eigenvalue weighted by Gasteiger charge is -2.40. The van der Waals surface area contributed by atoms with E-state index in [1.807, 2.05) is 0 Å². The van der Waals surface area contributed by atoms with Gasteiger partial charge in [0.05, 0.1) is 29.5 Å². The first kappa shape index (κ1) is 11.6. The molecule has 1 aliphatic carbocycles. The van der Waals surface area contributed by atoms with E-state index < -0.39 is 0 Å². The van der Waals surface area contributed by atoms with Crippen molar-refractivity contribution in [3.05, 3.63) is 16.1 Å². The predicted octanol–water partition coefficient (Wildman–Crippen LogP) is 1.31. The quantitative estimate of drug-likeness (QED) is 0.882. The molecule has 1 aromatic heterocycles. The Bertz CT molecular complexity index is 391. The average molecular weight is 253 g/mol. The Kier molecular flexibility index (Phi) is 3.17. The maximum atomic E-state index is 5.84. The van der Waals surface area contributed by atoms with Gasteiger partial charge in [-0.25, -0.2) is 4.98 Å². The zero-order valence-electron chi connectivity index (χ0n) is 10.1. The van der Waals surface area contributed by atoms with Crippen molar-refractivity contribution in [2.45, 2.75) is 38.0 Å². The molecule has 1 saturated heterocycles. The van der Waals surface area contributed by atoms with Crippen molar-refractivity contribution in [3.63, 3.8) is 0 Å². The third-order valence-corrected chi connectivity index (χ3v) is 4.37. The molecule has 1 aromatic rings. The van der Waals surface area contributed by atoms with Crippen molar-refractivity contribution in [1.29, 1.82) is 0 Å². The van der Waals surface area contributed by atoms with Gasteiger partial charge in [-0.2, -0.15) is 0 Å². The lowest BCUT2D eigenvalue weighted by atomic mass is 10.0. The second-order valence-electron chi connectivity index (χ2n) is 4.85. The van der Waals surface area contributed by atoms with Crippen LogP contribution in [0.2, 0.25) is 0 Å². The van der Waals surface area contributed by atoms with Crippen LogP contribution >= 0.6 is 11.3 Å². The van der Waals surface area contributed by atoms with E-state index in [1.54, 1.807) is 11.3 Å². The standard InChI is InChI=1S/C12H19N3OS/c1-8-14-10(7-17-8)12-11(6-13)16-5-4-15(12)9-2-3-9/h7,9,11-12H,2-6,13H2,1H3. The molecule has 2 aliphatic rings. The first-order valence-corrected chi connectivity index (χ1v) is 7.17. The summed E-state index contributed by atoms with van der Waals surface area (Å²) in [6, 6.07) is 1.01. The molecule has 2 fully saturated rings. The first-order chi connectivity index (χ1) is 8.29. The molecule has 5 heteroatoms. The van der Waals surface area contributed by atoms with Crippen molar-refractivity contribution in [2.24, 2.45) is 5.73 Å². The van der Waals surface area contributed by atoms with Crippen LogP contribution < -0.4 is 5.73 Å². The van der Waals surface area contributed by atoms with Crippen LogP contribution in [-0.2, 0) is 4.74 Å². The van der Waals surface area contributed by atoms with Gasteiger partial charge in [0.25, 0.3) is 0 Å². The maximum Gasteiger partial charge on any atom is 0.0910 e. The van der Waals surface area contributed by atoms with Crippen molar-refractivity contribution in [1.82, 2.24) is 9.88 Å². The van der Waals surface area contributed by atoms with E-state index >= 15 is 0 Å². The fraction of sp³-hybridized carbons (Fsp3) is 0.750. The summed E-state index contributed by atoms with van der Waals surface area (Å²) in [5, 5.41) is 3.28. The van der Waals surface area contributed by atoms with Gasteiger partial charge in [0, 0.05) is 24.5 Å². The molecular formula is C12H19N3OS. The lowest BCUT2D eigenvalue weighted by Crippen LogP contribution is -2.49. The molecule has 0 amide bonds. The monoisotopic (exact) mass is 253 g/mol. The number of nitrogens with zero attached hydrogens (tertiary/aromatic N) is 2. The van der Waals surface area contributed by atoms with Crippen LogP contribution in [0.5, 0.6) is 0 Å². The number of nitrogens with two attached hydrogens (primary N) is 1. The Morgan fingerprint density at radius 3 is 3.00 bits per heavy atom. The van der Waals surface area contributed by atoms with E-state index in [0.29, 0.717) is 6.54 Å². The molecule has 1 saturated carbocycles. The minimum Gasteiger partial charge on any atom is -0.374 e. The number of hydrogen-bond acceptors (Lipinski definition) is 5. The SMILES string of the molecule is Cc1nc(C2C(CN)OCCN2C2CC2)cs1. The van der Waals surface area contributed by atoms with Crippen LogP contribution in [0.3, 0.4) is 0 Å². The van der Waals surface area contributed by atoms with Crippen LogP contribution in [0, 0.1) is 6.92 Å². The summed E-state index contributed by atoms with van der Waals surface area (Å²) >= 11 is 1.71. The highest BCUT2D eigenvalue weighted by molar-refractivity contribution is 7.09. The van der Waals surface area contributed by atoms with E-state index in [0.717, 1.165) is 29.9 Å². The van der Waals surface area contributed by atoms with Crippen LogP contribution in [-0.4, -0.2) is 41.7 Å². The molecule has 2 N–H and O–H groups in total. The highest BCUT2D eigenvalue weighted by atomic mass is 32.1. The largest absolute Gasteiger partial charge is 0.374 e. The fourth-order valence-electron chi connectivity index (χ4n) is 2.64. The molecule has 94 valence electrons. The zero-order chi connectivity index (χ0) is 11.8. The van der Waals surface area contributed by atoms with Gasteiger partial charge in [0.15, 0.2) is 0 Å². The van der Waals surface area contributed by atoms with Crippen LogP contribution in [0.4, 0.5) is 0 Å². The molecule has 0 spiro atoms. The fourth-order valence-corrected chi connectivity index (χ4v) is 3.28. The summed E-state index contributed by atoms with van der Waals surface area (Å²) in [6.07, 6.45) is 2.74. The Hall–Kier alpha value is -0.490. The second kappa shape index (κ2) is 4.65. The number of aryl methyl sites for hydroxylation is 1. The Morgan fingerprint density at radius 2 is 2.41 bits per heavy atom. The minimum absolute atomic E-state index is 0.103. The third-order valence-electron chi connectivity index (χ3n) is 3.58. The number of rotatable bonds is 3. The van der Waals surface area contributed by atoms with E-state index in [2.05, 4.69) is 22.2 Å². The smallest absolute Gasteiger partial charge is 0.0910 e. The Labute approximate surface area is 106 Å². The number of thiazole rings is 1. The van der Waals surface area contributed by atoms with E-state index in [1.165, 1.54) is 12.8 Å². The summed E-state index contributed by atoms with van der Waals surface area (Å²) in [4.78, 5) is 7.19. The van der Waals surface area contributed by atoms with E-state index in [-0.39, 0.29) is 12.1 Å². The van der Waals surface area contributed by atoms with Gasteiger partial charge >= 0.3 is 0 Å². The molecule has 1 aliphatic heterocycles. The molecule has 0 bridgehead atoms. The first-order valence-electron chi connectivity index (χ1n) is 6.29. The van der Waals surface area contributed by atoms with Crippen LogP contribution in [0.25, 0.3) is 0 Å². The highest BCUT2D eigenvalue weighted by Gasteiger charge is 2.41. The van der Waals surface area contributed by atoms with Gasteiger partial charge < -0.3 is 10.5 Å². The lowest BCUT2D eigenvalue weighted by molar-refractivity contribution is -0.0724. The zero-order valence-corrected chi connectivity index (χ0v) is 10.9. The molecule has 2 heterocycles. The van der Waals surface area contributed by atoms with Crippen LogP contribution in [0.15, 0.2) is 5.38 Å². The van der Waals surface area contributed by atoms with Gasteiger partial charge in [-0.15, -0.1) is 11.3 Å². The second-order valence-corrected chi connectivity index (χ2v) is 5.91. The third kappa shape index (κ3) is 2.25. The van der Waals surface area contributed by atoms with Crippen molar-refractivity contribution in [2.75, 3.05) is 19.7 Å². The topological polar surface area (TPSA) is 51.4 Å². The van der Waals surface area contributed by atoms with Gasteiger partial charge in [-0.1, -0.05) is 0 Å². The number of aromatic nitrogens is 1. The van der Waals surface area contributed by atoms with Gasteiger partial charge in [-0.05, 0) is 19.8 Å².